The van der Waals surface area contributed by atoms with Crippen molar-refractivity contribution in [1.82, 2.24) is 15.5 Å². The van der Waals surface area contributed by atoms with E-state index in [0.717, 1.165) is 13.0 Å². The highest BCUT2D eigenvalue weighted by Gasteiger charge is 2.17. The van der Waals surface area contributed by atoms with E-state index < -0.39 is 5.97 Å². The maximum absolute atomic E-state index is 11.7. The number of amides is 2. The standard InChI is InChI=1S/C11H23N3O3/c1-9(2)7-14(8-10(15)16)11(17)13-6-4-5-12-3/h9,12H,4-8H2,1-3H3,(H,13,17)(H,15,16). The molecule has 0 aliphatic heterocycles. The molecule has 17 heavy (non-hydrogen) atoms. The SMILES string of the molecule is CNCCCNC(=O)N(CC(=O)O)CC(C)C. The third-order valence-corrected chi connectivity index (χ3v) is 2.08. The van der Waals surface area contributed by atoms with E-state index in [2.05, 4.69) is 10.6 Å². The molecular formula is C11H23N3O3. The molecular weight excluding hydrogens is 222 g/mol. The van der Waals surface area contributed by atoms with Gasteiger partial charge in [-0.15, -0.1) is 0 Å². The summed E-state index contributed by atoms with van der Waals surface area (Å²) in [4.78, 5) is 23.7. The number of carboxylic acid groups (broad SMARTS) is 1. The Kier molecular flexibility index (Phi) is 8.13. The maximum Gasteiger partial charge on any atom is 0.323 e. The summed E-state index contributed by atoms with van der Waals surface area (Å²) in [5.41, 5.74) is 0. The Morgan fingerprint density at radius 1 is 1.29 bits per heavy atom. The fourth-order valence-corrected chi connectivity index (χ4v) is 1.40. The van der Waals surface area contributed by atoms with Crippen molar-refractivity contribution in [3.8, 4) is 0 Å². The van der Waals surface area contributed by atoms with Gasteiger partial charge < -0.3 is 20.6 Å². The van der Waals surface area contributed by atoms with E-state index in [4.69, 9.17) is 5.11 Å². The number of rotatable bonds is 8. The van der Waals surface area contributed by atoms with Gasteiger partial charge in [0, 0.05) is 13.1 Å². The van der Waals surface area contributed by atoms with Crippen LogP contribution in [-0.2, 0) is 4.79 Å². The van der Waals surface area contributed by atoms with Crippen LogP contribution in [0.5, 0.6) is 0 Å². The molecule has 0 aliphatic rings. The Labute approximate surface area is 102 Å². The summed E-state index contributed by atoms with van der Waals surface area (Å²) in [6.07, 6.45) is 0.824. The second kappa shape index (κ2) is 8.81. The van der Waals surface area contributed by atoms with Gasteiger partial charge in [-0.3, -0.25) is 4.79 Å². The number of carbonyl (C=O) groups is 2. The van der Waals surface area contributed by atoms with E-state index in [0.29, 0.717) is 13.1 Å². The molecule has 0 heterocycles. The van der Waals surface area contributed by atoms with Crippen molar-refractivity contribution in [2.45, 2.75) is 20.3 Å². The van der Waals surface area contributed by atoms with Gasteiger partial charge in [-0.05, 0) is 25.9 Å². The van der Waals surface area contributed by atoms with Crippen LogP contribution in [0.15, 0.2) is 0 Å². The number of hydrogen-bond acceptors (Lipinski definition) is 3. The van der Waals surface area contributed by atoms with Crippen LogP contribution in [0.4, 0.5) is 4.79 Å². The van der Waals surface area contributed by atoms with Gasteiger partial charge in [0.15, 0.2) is 0 Å². The highest BCUT2D eigenvalue weighted by Crippen LogP contribution is 1.99. The molecule has 0 bridgehead atoms. The Morgan fingerprint density at radius 3 is 2.41 bits per heavy atom. The van der Waals surface area contributed by atoms with Gasteiger partial charge in [0.05, 0.1) is 0 Å². The number of hydrogen-bond donors (Lipinski definition) is 3. The van der Waals surface area contributed by atoms with Crippen molar-refractivity contribution in [2.75, 3.05) is 33.2 Å². The summed E-state index contributed by atoms with van der Waals surface area (Å²) in [5, 5.41) is 14.4. The Hall–Kier alpha value is -1.30. The quantitative estimate of drug-likeness (QED) is 0.539. The zero-order chi connectivity index (χ0) is 13.3. The molecule has 0 rings (SSSR count). The molecule has 0 spiro atoms. The third kappa shape index (κ3) is 8.50. The van der Waals surface area contributed by atoms with E-state index in [-0.39, 0.29) is 18.5 Å². The molecule has 6 nitrogen and oxygen atoms in total. The number of carboxylic acids is 1. The zero-order valence-electron chi connectivity index (χ0n) is 10.8. The molecule has 0 atom stereocenters. The normalized spacial score (nSPS) is 10.4. The molecule has 0 radical (unpaired) electrons. The van der Waals surface area contributed by atoms with Crippen LogP contribution in [-0.4, -0.2) is 55.2 Å². The predicted molar refractivity (Wildman–Crippen MR) is 66.0 cm³/mol. The van der Waals surface area contributed by atoms with Crippen LogP contribution in [0, 0.1) is 5.92 Å². The Morgan fingerprint density at radius 2 is 1.94 bits per heavy atom. The van der Waals surface area contributed by atoms with E-state index in [1.807, 2.05) is 20.9 Å². The summed E-state index contributed by atoms with van der Waals surface area (Å²) < 4.78 is 0. The molecule has 0 fully saturated rings. The van der Waals surface area contributed by atoms with E-state index >= 15 is 0 Å². The minimum absolute atomic E-state index is 0.248. The minimum Gasteiger partial charge on any atom is -0.480 e. The number of carbonyl (C=O) groups excluding carboxylic acids is 1. The Bertz CT molecular complexity index is 244. The van der Waals surface area contributed by atoms with Gasteiger partial charge >= 0.3 is 12.0 Å². The minimum atomic E-state index is -0.990. The maximum atomic E-state index is 11.7. The van der Waals surface area contributed by atoms with Crippen molar-refractivity contribution in [2.24, 2.45) is 5.92 Å². The van der Waals surface area contributed by atoms with Gasteiger partial charge in [-0.25, -0.2) is 4.79 Å². The fraction of sp³-hybridized carbons (Fsp3) is 0.818. The second-order valence-corrected chi connectivity index (χ2v) is 4.36. The summed E-state index contributed by atoms with van der Waals surface area (Å²) in [7, 11) is 1.84. The zero-order valence-corrected chi connectivity index (χ0v) is 10.8. The van der Waals surface area contributed by atoms with Crippen molar-refractivity contribution >= 4 is 12.0 Å². The van der Waals surface area contributed by atoms with Gasteiger partial charge in [0.2, 0.25) is 0 Å². The molecule has 3 N–H and O–H groups in total. The van der Waals surface area contributed by atoms with E-state index in [1.54, 1.807) is 0 Å². The first-order valence-corrected chi connectivity index (χ1v) is 5.86. The highest BCUT2D eigenvalue weighted by atomic mass is 16.4. The molecule has 6 heteroatoms. The molecule has 0 aromatic carbocycles. The van der Waals surface area contributed by atoms with Crippen molar-refractivity contribution in [1.29, 1.82) is 0 Å². The first-order chi connectivity index (χ1) is 7.97. The smallest absolute Gasteiger partial charge is 0.323 e. The molecule has 0 aliphatic carbocycles. The lowest BCUT2D eigenvalue weighted by Gasteiger charge is -2.23. The first kappa shape index (κ1) is 15.7. The van der Waals surface area contributed by atoms with Gasteiger partial charge in [-0.1, -0.05) is 13.8 Å². The average molecular weight is 245 g/mol. The van der Waals surface area contributed by atoms with Gasteiger partial charge in [0.1, 0.15) is 6.54 Å². The number of nitrogens with one attached hydrogen (secondary N) is 2. The lowest BCUT2D eigenvalue weighted by molar-refractivity contribution is -0.137. The van der Waals surface area contributed by atoms with Crippen LogP contribution in [0.25, 0.3) is 0 Å². The van der Waals surface area contributed by atoms with Gasteiger partial charge in [-0.2, -0.15) is 0 Å². The van der Waals surface area contributed by atoms with E-state index in [9.17, 15) is 9.59 Å². The molecule has 0 saturated carbocycles. The van der Waals surface area contributed by atoms with Crippen LogP contribution in [0.2, 0.25) is 0 Å². The van der Waals surface area contributed by atoms with Crippen LogP contribution >= 0.6 is 0 Å². The number of aliphatic carboxylic acids is 1. The molecule has 2 amide bonds. The van der Waals surface area contributed by atoms with Crippen LogP contribution in [0.3, 0.4) is 0 Å². The summed E-state index contributed by atoms with van der Waals surface area (Å²) in [6.45, 7) is 5.46. The largest absolute Gasteiger partial charge is 0.480 e. The van der Waals surface area contributed by atoms with Gasteiger partial charge in [0.25, 0.3) is 0 Å². The number of nitrogens with zero attached hydrogens (tertiary/aromatic N) is 1. The summed E-state index contributed by atoms with van der Waals surface area (Å²) in [5.74, 6) is -0.742. The van der Waals surface area contributed by atoms with Crippen molar-refractivity contribution in [3.63, 3.8) is 0 Å². The number of urea groups is 1. The van der Waals surface area contributed by atoms with Crippen molar-refractivity contribution in [3.05, 3.63) is 0 Å². The lowest BCUT2D eigenvalue weighted by atomic mass is 10.2. The Balaban J connectivity index is 4.08. The van der Waals surface area contributed by atoms with E-state index in [1.165, 1.54) is 4.90 Å². The molecule has 0 aromatic rings. The second-order valence-electron chi connectivity index (χ2n) is 4.36. The lowest BCUT2D eigenvalue weighted by Crippen LogP contribution is -2.45. The van der Waals surface area contributed by atoms with Crippen LogP contribution < -0.4 is 10.6 Å². The molecule has 0 saturated heterocycles. The molecule has 100 valence electrons. The van der Waals surface area contributed by atoms with Crippen molar-refractivity contribution < 1.29 is 14.7 Å². The van der Waals surface area contributed by atoms with Crippen LogP contribution in [0.1, 0.15) is 20.3 Å². The summed E-state index contributed by atoms with van der Waals surface area (Å²) in [6, 6.07) is -0.308. The molecule has 0 aromatic heterocycles. The monoisotopic (exact) mass is 245 g/mol. The molecule has 0 unspecified atom stereocenters. The first-order valence-electron chi connectivity index (χ1n) is 5.86. The third-order valence-electron chi connectivity index (χ3n) is 2.08. The topological polar surface area (TPSA) is 81.7 Å². The average Bonchev–Trinajstić information content (AvgIpc) is 2.22. The summed E-state index contributed by atoms with van der Waals surface area (Å²) >= 11 is 0. The predicted octanol–water partition coefficient (Wildman–Crippen LogP) is 0.348. The fourth-order valence-electron chi connectivity index (χ4n) is 1.40. The highest BCUT2D eigenvalue weighted by molar-refractivity contribution is 5.80.